The number of benzene rings is 1. The van der Waals surface area contributed by atoms with Crippen molar-refractivity contribution < 1.29 is 4.79 Å². The number of Topliss-reactive ketones (excluding diaryl/α,β-unsaturated/α-hetero) is 1. The average molecular weight is 377 g/mol. The molecule has 0 aromatic heterocycles. The molecule has 4 bridgehead atoms. The van der Waals surface area contributed by atoms with Gasteiger partial charge in [-0.1, -0.05) is 57.9 Å². The van der Waals surface area contributed by atoms with Crippen LogP contribution in [0, 0.1) is 10.8 Å². The molecule has 0 aliphatic carbocycles. The third-order valence-electron chi connectivity index (χ3n) is 6.82. The largest absolute Gasteiger partial charge is 0.298 e. The van der Waals surface area contributed by atoms with Gasteiger partial charge in [0.1, 0.15) is 5.78 Å². The summed E-state index contributed by atoms with van der Waals surface area (Å²) in [6.45, 7) is 10.5. The molecule has 3 nitrogen and oxygen atoms in total. The molecule has 0 spiro atoms. The van der Waals surface area contributed by atoms with Gasteiger partial charge in [0.05, 0.1) is 17.0 Å². The molecule has 4 aliphatic rings. The number of carbonyl (C=O) groups excluding carboxylic acids is 1. The number of rotatable bonds is 6. The molecule has 0 unspecified atom stereocenters. The van der Waals surface area contributed by atoms with E-state index in [1.54, 1.807) is 0 Å². The molecule has 0 amide bonds. The van der Waals surface area contributed by atoms with Crippen molar-refractivity contribution in [2.75, 3.05) is 26.2 Å². The van der Waals surface area contributed by atoms with Gasteiger partial charge >= 0.3 is 0 Å². The predicted molar refractivity (Wildman–Crippen MR) is 109 cm³/mol. The van der Waals surface area contributed by atoms with Crippen LogP contribution in [0.25, 0.3) is 0 Å². The van der Waals surface area contributed by atoms with Gasteiger partial charge in [-0.2, -0.15) is 0 Å². The first-order valence-corrected chi connectivity index (χ1v) is 10.2. The third-order valence-corrected chi connectivity index (χ3v) is 6.82. The van der Waals surface area contributed by atoms with Gasteiger partial charge in [0.25, 0.3) is 0 Å². The number of aryl methyl sites for hydroxylation is 1. The lowest BCUT2D eigenvalue weighted by molar-refractivity contribution is -0.205. The van der Waals surface area contributed by atoms with Gasteiger partial charge in [-0.3, -0.25) is 14.6 Å². The predicted octanol–water partition coefficient (Wildman–Crippen LogP) is 4.46. The summed E-state index contributed by atoms with van der Waals surface area (Å²) >= 11 is 0. The Morgan fingerprint density at radius 3 is 1.73 bits per heavy atom. The molecule has 4 fully saturated rings. The maximum Gasteiger partial charge on any atom is 0.150 e. The Hall–Kier alpha value is -0.900. The minimum atomic E-state index is -0.111. The average Bonchev–Trinajstić information content (AvgIpc) is 2.60. The molecule has 0 saturated carbocycles. The van der Waals surface area contributed by atoms with Crippen LogP contribution in [-0.2, 0) is 11.2 Å². The molecular weight excluding hydrogens is 344 g/mol. The second-order valence-corrected chi connectivity index (χ2v) is 8.67. The zero-order valence-corrected chi connectivity index (χ0v) is 17.3. The van der Waals surface area contributed by atoms with Crippen molar-refractivity contribution in [1.82, 2.24) is 9.80 Å². The molecule has 1 aromatic rings. The summed E-state index contributed by atoms with van der Waals surface area (Å²) in [6.07, 6.45) is 5.76. The van der Waals surface area contributed by atoms with Crippen molar-refractivity contribution >= 4 is 18.2 Å². The number of carbonyl (C=O) groups is 1. The number of piperidine rings is 2. The maximum absolute atomic E-state index is 13.5. The van der Waals surface area contributed by atoms with Gasteiger partial charge in [-0.05, 0) is 30.4 Å². The SMILES string of the molecule is CCCC12CN3CC(CCC)(CN(C1)C3c1ccc(CC)cc1)C2=O.Cl. The highest BCUT2D eigenvalue weighted by Crippen LogP contribution is 2.55. The van der Waals surface area contributed by atoms with Crippen LogP contribution in [0.5, 0.6) is 0 Å². The van der Waals surface area contributed by atoms with Crippen LogP contribution in [0.4, 0.5) is 0 Å². The van der Waals surface area contributed by atoms with Crippen LogP contribution < -0.4 is 0 Å². The minimum absolute atomic E-state index is 0. The topological polar surface area (TPSA) is 23.6 Å². The Bertz CT molecular complexity index is 613. The van der Waals surface area contributed by atoms with Gasteiger partial charge in [-0.15, -0.1) is 12.4 Å². The summed E-state index contributed by atoms with van der Waals surface area (Å²) < 4.78 is 0. The first kappa shape index (κ1) is 19.9. The molecule has 4 saturated heterocycles. The van der Waals surface area contributed by atoms with E-state index in [-0.39, 0.29) is 23.2 Å². The van der Waals surface area contributed by atoms with Crippen molar-refractivity contribution in [3.05, 3.63) is 35.4 Å². The highest BCUT2D eigenvalue weighted by atomic mass is 35.5. The molecule has 4 heterocycles. The molecule has 144 valence electrons. The van der Waals surface area contributed by atoms with Crippen molar-refractivity contribution in [2.45, 2.75) is 59.0 Å². The van der Waals surface area contributed by atoms with E-state index in [0.717, 1.165) is 58.3 Å². The van der Waals surface area contributed by atoms with Crippen molar-refractivity contribution in [2.24, 2.45) is 10.8 Å². The van der Waals surface area contributed by atoms with E-state index in [0.29, 0.717) is 11.9 Å². The van der Waals surface area contributed by atoms with Gasteiger partial charge in [0.2, 0.25) is 0 Å². The fraction of sp³-hybridized carbons (Fsp3) is 0.682. The monoisotopic (exact) mass is 376 g/mol. The fourth-order valence-electron chi connectivity index (χ4n) is 6.04. The van der Waals surface area contributed by atoms with Crippen molar-refractivity contribution in [1.29, 1.82) is 0 Å². The lowest BCUT2D eigenvalue weighted by Gasteiger charge is -2.66. The van der Waals surface area contributed by atoms with E-state index in [4.69, 9.17) is 0 Å². The first-order chi connectivity index (χ1) is 12.1. The van der Waals surface area contributed by atoms with E-state index in [2.05, 4.69) is 54.8 Å². The molecular formula is C22H33ClN2O. The van der Waals surface area contributed by atoms with Crippen molar-refractivity contribution in [3.63, 3.8) is 0 Å². The third kappa shape index (κ3) is 2.83. The van der Waals surface area contributed by atoms with Gasteiger partial charge in [0.15, 0.2) is 0 Å². The summed E-state index contributed by atoms with van der Waals surface area (Å²) in [7, 11) is 0. The maximum atomic E-state index is 13.5. The Morgan fingerprint density at radius 1 is 0.885 bits per heavy atom. The Kier molecular flexibility index (Phi) is 5.54. The summed E-state index contributed by atoms with van der Waals surface area (Å²) in [5, 5.41) is 0. The quantitative estimate of drug-likeness (QED) is 0.732. The van der Waals surface area contributed by atoms with Crippen LogP contribution in [0.1, 0.15) is 63.7 Å². The molecule has 4 heteroatoms. The van der Waals surface area contributed by atoms with Gasteiger partial charge < -0.3 is 0 Å². The van der Waals surface area contributed by atoms with Crippen molar-refractivity contribution in [3.8, 4) is 0 Å². The Morgan fingerprint density at radius 2 is 1.35 bits per heavy atom. The summed E-state index contributed by atoms with van der Waals surface area (Å²) in [5.74, 6) is 0.594. The molecule has 0 N–H and O–H groups in total. The number of nitrogens with zero attached hydrogens (tertiary/aromatic N) is 2. The second-order valence-electron chi connectivity index (χ2n) is 8.67. The standard InChI is InChI=1S/C22H32N2O.ClH/c1-4-11-21-13-23-15-22(12-5-2,20(21)25)16-24(14-21)19(23)18-9-7-17(6-3)8-10-18;/h7-10,19H,4-6,11-16H2,1-3H3;1H. The van der Waals surface area contributed by atoms with Crippen LogP contribution in [-0.4, -0.2) is 41.8 Å². The van der Waals surface area contributed by atoms with Gasteiger partial charge in [0, 0.05) is 26.2 Å². The number of hydrogen-bond donors (Lipinski definition) is 0. The highest BCUT2D eigenvalue weighted by molar-refractivity contribution is 5.93. The summed E-state index contributed by atoms with van der Waals surface area (Å²) in [5.41, 5.74) is 2.58. The first-order valence-electron chi connectivity index (χ1n) is 10.2. The molecule has 0 radical (unpaired) electrons. The molecule has 1 aromatic carbocycles. The molecule has 4 aliphatic heterocycles. The fourth-order valence-corrected chi connectivity index (χ4v) is 6.04. The molecule has 0 atom stereocenters. The van der Waals surface area contributed by atoms with E-state index in [1.165, 1.54) is 11.1 Å². The number of ketones is 1. The lowest BCUT2D eigenvalue weighted by Crippen LogP contribution is -2.76. The zero-order valence-electron chi connectivity index (χ0n) is 16.5. The van der Waals surface area contributed by atoms with Crippen LogP contribution >= 0.6 is 12.4 Å². The van der Waals surface area contributed by atoms with E-state index in [1.807, 2.05) is 0 Å². The molecule has 5 rings (SSSR count). The van der Waals surface area contributed by atoms with E-state index < -0.39 is 0 Å². The van der Waals surface area contributed by atoms with E-state index >= 15 is 0 Å². The smallest absolute Gasteiger partial charge is 0.150 e. The summed E-state index contributed by atoms with van der Waals surface area (Å²) in [6, 6.07) is 9.17. The normalized spacial score (nSPS) is 37.7. The van der Waals surface area contributed by atoms with Crippen LogP contribution in [0.3, 0.4) is 0 Å². The number of hydrogen-bond acceptors (Lipinski definition) is 3. The Labute approximate surface area is 164 Å². The minimum Gasteiger partial charge on any atom is -0.298 e. The lowest BCUT2D eigenvalue weighted by atomic mass is 9.57. The Balaban J connectivity index is 0.00000196. The number of halogens is 1. The van der Waals surface area contributed by atoms with Gasteiger partial charge in [-0.25, -0.2) is 0 Å². The second kappa shape index (κ2) is 7.26. The zero-order chi connectivity index (χ0) is 17.7. The van der Waals surface area contributed by atoms with Crippen LogP contribution in [0.2, 0.25) is 0 Å². The van der Waals surface area contributed by atoms with Crippen LogP contribution in [0.15, 0.2) is 24.3 Å². The van der Waals surface area contributed by atoms with E-state index in [9.17, 15) is 4.79 Å². The molecule has 26 heavy (non-hydrogen) atoms. The summed E-state index contributed by atoms with van der Waals surface area (Å²) in [4.78, 5) is 18.7. The highest BCUT2D eigenvalue weighted by Gasteiger charge is 2.64.